The molecule has 0 amide bonds. The quantitative estimate of drug-likeness (QED) is 0.0211. The van der Waals surface area contributed by atoms with E-state index in [0.717, 1.165) is 96.3 Å². The van der Waals surface area contributed by atoms with Gasteiger partial charge in [0.25, 0.3) is 6.29 Å². The number of hydrogen-bond donors (Lipinski definition) is 1. The second kappa shape index (κ2) is 67.9. The topological polar surface area (TPSA) is 108 Å². The fourth-order valence-electron chi connectivity index (χ4n) is 10.1. The number of carbonyl (C=O) groups is 3. The predicted octanol–water partition coefficient (Wildman–Crippen LogP) is 22.6. The van der Waals surface area contributed by atoms with Gasteiger partial charge in [0, 0.05) is 12.8 Å². The molecule has 2 unspecified atom stereocenters. The van der Waals surface area contributed by atoms with Gasteiger partial charge in [0.2, 0.25) is 0 Å². The summed E-state index contributed by atoms with van der Waals surface area (Å²) in [5.41, 5.74) is 0. The highest BCUT2D eigenvalue weighted by Crippen LogP contribution is 2.18. The van der Waals surface area contributed by atoms with Crippen molar-refractivity contribution in [2.24, 2.45) is 0 Å². The maximum absolute atomic E-state index is 13.0. The lowest BCUT2D eigenvalue weighted by Crippen LogP contribution is -2.40. The number of carboxylic acids is 1. The molecule has 500 valence electrons. The van der Waals surface area contributed by atoms with Crippen molar-refractivity contribution in [1.29, 1.82) is 0 Å². The van der Waals surface area contributed by atoms with Crippen LogP contribution in [0.1, 0.15) is 309 Å². The number of nitrogens with zero attached hydrogens (tertiary/aromatic N) is 1. The molecule has 0 aromatic rings. The SMILES string of the molecule is CC/C=C\C/C=C\C/C=C\C/C=C\C/C=C\CCCCCCCCCCCCCCCCCC(=O)OC(COC(=O)CCCCCCCCCCCCCCCCCCCC/C=C\C/C=C\C/C=C\C/C=C\CC)COC(OCC[N+](C)(C)C)C(=O)O. The Kier molecular flexibility index (Phi) is 64.7. The Morgan fingerprint density at radius 2 is 0.621 bits per heavy atom. The van der Waals surface area contributed by atoms with E-state index in [4.69, 9.17) is 18.9 Å². The van der Waals surface area contributed by atoms with E-state index in [1.54, 1.807) is 0 Å². The zero-order valence-corrected chi connectivity index (χ0v) is 57.2. The van der Waals surface area contributed by atoms with E-state index in [-0.39, 0.29) is 32.2 Å². The first-order chi connectivity index (χ1) is 42.6. The lowest BCUT2D eigenvalue weighted by Gasteiger charge is -2.25. The number of allylic oxidation sites excluding steroid dienone is 18. The van der Waals surface area contributed by atoms with E-state index >= 15 is 0 Å². The van der Waals surface area contributed by atoms with Crippen LogP contribution in [0.3, 0.4) is 0 Å². The summed E-state index contributed by atoms with van der Waals surface area (Å²) in [5.74, 6) is -1.99. The highest BCUT2D eigenvalue weighted by atomic mass is 16.7. The Hall–Kier alpha value is -4.05. The fraction of sp³-hybridized carbons (Fsp3) is 0.731. The Morgan fingerprint density at radius 1 is 0.345 bits per heavy atom. The van der Waals surface area contributed by atoms with Crippen LogP contribution < -0.4 is 0 Å². The number of carbonyl (C=O) groups excluding carboxylic acids is 2. The van der Waals surface area contributed by atoms with E-state index in [9.17, 15) is 19.5 Å². The van der Waals surface area contributed by atoms with Crippen molar-refractivity contribution in [1.82, 2.24) is 0 Å². The van der Waals surface area contributed by atoms with E-state index in [2.05, 4.69) is 123 Å². The lowest BCUT2D eigenvalue weighted by molar-refractivity contribution is -0.870. The van der Waals surface area contributed by atoms with Gasteiger partial charge in [-0.2, -0.15) is 0 Å². The van der Waals surface area contributed by atoms with Gasteiger partial charge >= 0.3 is 17.9 Å². The molecule has 0 aliphatic rings. The molecule has 0 aromatic carbocycles. The molecule has 0 radical (unpaired) electrons. The standard InChI is InChI=1S/C78H135NO8/c1-6-8-10-12-14-16-18-20-22-24-26-28-30-32-34-36-38-40-42-44-46-48-50-52-54-56-58-60-62-64-66-68-75(80)85-72-74(73-86-78(77(82)83)84-71-70-79(3,4)5)87-76(81)69-67-65-63-61-59-57-55-53-51-49-47-45-43-41-39-37-35-33-31-29-27-25-23-21-19-17-15-13-11-9-7-2/h8-11,14-17,20-23,26-29,33,35,74,78H,6-7,12-13,18-19,24-25,30-32,34,36-73H2,1-5H3/p+1/b10-8-,11-9-,16-14-,17-15-,22-20-,23-21-,28-26-,29-27-,35-33-. The molecule has 2 atom stereocenters. The number of rotatable bonds is 66. The Balaban J connectivity index is 4.08. The molecule has 0 rings (SSSR count). The third-order valence-corrected chi connectivity index (χ3v) is 15.5. The van der Waals surface area contributed by atoms with Gasteiger partial charge in [-0.05, 0) is 96.3 Å². The minimum absolute atomic E-state index is 0.183. The van der Waals surface area contributed by atoms with E-state index in [1.807, 2.05) is 21.1 Å². The second-order valence-corrected chi connectivity index (χ2v) is 25.1. The molecule has 0 fully saturated rings. The highest BCUT2D eigenvalue weighted by Gasteiger charge is 2.25. The lowest BCUT2D eigenvalue weighted by atomic mass is 10.0. The minimum Gasteiger partial charge on any atom is -0.477 e. The molecule has 9 heteroatoms. The molecule has 87 heavy (non-hydrogen) atoms. The van der Waals surface area contributed by atoms with Crippen molar-refractivity contribution in [3.05, 3.63) is 109 Å². The van der Waals surface area contributed by atoms with Gasteiger partial charge in [-0.1, -0.05) is 309 Å². The van der Waals surface area contributed by atoms with Crippen molar-refractivity contribution >= 4 is 17.9 Å². The van der Waals surface area contributed by atoms with Crippen LogP contribution in [0.2, 0.25) is 0 Å². The largest absolute Gasteiger partial charge is 0.477 e. The summed E-state index contributed by atoms with van der Waals surface area (Å²) in [6.07, 6.45) is 92.1. The molecular formula is C78H136NO8+. The first-order valence-corrected chi connectivity index (χ1v) is 36.1. The number of likely N-dealkylation sites (N-methyl/N-ethyl adjacent to an activating group) is 1. The summed E-state index contributed by atoms with van der Waals surface area (Å²) in [5, 5.41) is 9.76. The van der Waals surface area contributed by atoms with Gasteiger partial charge in [-0.15, -0.1) is 0 Å². The van der Waals surface area contributed by atoms with Gasteiger partial charge in [0.15, 0.2) is 6.10 Å². The summed E-state index contributed by atoms with van der Waals surface area (Å²) in [4.78, 5) is 37.7. The maximum atomic E-state index is 13.0. The van der Waals surface area contributed by atoms with Gasteiger partial charge in [-0.3, -0.25) is 9.59 Å². The number of aliphatic carboxylic acids is 1. The number of carboxylic acid groups (broad SMARTS) is 1. The van der Waals surface area contributed by atoms with E-state index in [1.165, 1.54) is 186 Å². The first kappa shape index (κ1) is 83.0. The number of quaternary nitrogens is 1. The summed E-state index contributed by atoms with van der Waals surface area (Å²) in [6.45, 7) is 4.68. The van der Waals surface area contributed by atoms with Crippen LogP contribution in [0.4, 0.5) is 0 Å². The first-order valence-electron chi connectivity index (χ1n) is 36.1. The summed E-state index contributed by atoms with van der Waals surface area (Å²) in [6, 6.07) is 0. The zero-order valence-electron chi connectivity index (χ0n) is 57.2. The summed E-state index contributed by atoms with van der Waals surface area (Å²) in [7, 11) is 5.98. The number of ether oxygens (including phenoxy) is 4. The van der Waals surface area contributed by atoms with E-state index in [0.29, 0.717) is 17.4 Å². The van der Waals surface area contributed by atoms with Crippen LogP contribution >= 0.6 is 0 Å². The summed E-state index contributed by atoms with van der Waals surface area (Å²) < 4.78 is 23.0. The van der Waals surface area contributed by atoms with Gasteiger partial charge < -0.3 is 28.5 Å². The van der Waals surface area contributed by atoms with Crippen LogP contribution in [0.25, 0.3) is 0 Å². The maximum Gasteiger partial charge on any atom is 0.361 e. The molecule has 0 aliphatic carbocycles. The van der Waals surface area contributed by atoms with Gasteiger partial charge in [-0.25, -0.2) is 4.79 Å². The third kappa shape index (κ3) is 69.3. The van der Waals surface area contributed by atoms with Gasteiger partial charge in [0.1, 0.15) is 13.2 Å². The molecule has 9 nitrogen and oxygen atoms in total. The van der Waals surface area contributed by atoms with Crippen LogP contribution in [0, 0.1) is 0 Å². The molecule has 0 heterocycles. The van der Waals surface area contributed by atoms with Crippen molar-refractivity contribution in [2.75, 3.05) is 47.5 Å². The zero-order chi connectivity index (χ0) is 63.3. The van der Waals surface area contributed by atoms with Crippen LogP contribution in [0.5, 0.6) is 0 Å². The average Bonchev–Trinajstić information content (AvgIpc) is 3.56. The molecule has 0 saturated heterocycles. The average molecular weight is 1220 g/mol. The highest BCUT2D eigenvalue weighted by molar-refractivity contribution is 5.71. The van der Waals surface area contributed by atoms with E-state index < -0.39 is 24.3 Å². The Labute approximate surface area is 536 Å². The van der Waals surface area contributed by atoms with Crippen molar-refractivity contribution in [3.63, 3.8) is 0 Å². The van der Waals surface area contributed by atoms with Crippen LogP contribution in [-0.4, -0.2) is 87.4 Å². The Morgan fingerprint density at radius 3 is 0.920 bits per heavy atom. The van der Waals surface area contributed by atoms with Gasteiger partial charge in [0.05, 0.1) is 34.4 Å². The predicted molar refractivity (Wildman–Crippen MR) is 373 cm³/mol. The minimum atomic E-state index is -1.51. The fourth-order valence-corrected chi connectivity index (χ4v) is 10.1. The van der Waals surface area contributed by atoms with Crippen LogP contribution in [-0.2, 0) is 33.3 Å². The normalized spacial score (nSPS) is 13.3. The second-order valence-electron chi connectivity index (χ2n) is 25.1. The number of unbranched alkanes of at least 4 members (excludes halogenated alkanes) is 33. The molecule has 0 bridgehead atoms. The monoisotopic (exact) mass is 1220 g/mol. The van der Waals surface area contributed by atoms with Crippen molar-refractivity contribution < 1.29 is 42.9 Å². The smallest absolute Gasteiger partial charge is 0.361 e. The molecule has 0 spiro atoms. The van der Waals surface area contributed by atoms with Crippen LogP contribution in [0.15, 0.2) is 109 Å². The van der Waals surface area contributed by atoms with Crippen molar-refractivity contribution in [3.8, 4) is 0 Å². The summed E-state index contributed by atoms with van der Waals surface area (Å²) >= 11 is 0. The molecular weight excluding hydrogens is 1080 g/mol. The molecule has 0 aliphatic heterocycles. The third-order valence-electron chi connectivity index (χ3n) is 15.5. The molecule has 0 aromatic heterocycles. The van der Waals surface area contributed by atoms with Crippen molar-refractivity contribution in [2.45, 2.75) is 322 Å². The number of esters is 2. The molecule has 1 N–H and O–H groups in total. The molecule has 0 saturated carbocycles. The Bertz CT molecular complexity index is 1800. The number of hydrogen-bond acceptors (Lipinski definition) is 7.